The predicted octanol–water partition coefficient (Wildman–Crippen LogP) is 3.66. The number of hydrogen-bond donors (Lipinski definition) is 0. The molecular weight excluding hydrogens is 471 g/mol. The first-order valence-electron chi connectivity index (χ1n) is 11.7. The van der Waals surface area contributed by atoms with Crippen molar-refractivity contribution in [2.45, 2.75) is 19.4 Å². The monoisotopic (exact) mass is 496 g/mol. The maximum absolute atomic E-state index is 13.7. The van der Waals surface area contributed by atoms with Gasteiger partial charge < -0.3 is 19.3 Å². The number of hydrogen-bond acceptors (Lipinski definition) is 6. The quantitative estimate of drug-likeness (QED) is 0.519. The minimum Gasteiger partial charge on any atom is -0.484 e. The fourth-order valence-corrected chi connectivity index (χ4v) is 4.50. The zero-order chi connectivity index (χ0) is 24.2. The number of rotatable bonds is 6. The van der Waals surface area contributed by atoms with E-state index in [1.165, 1.54) is 12.1 Å². The molecule has 1 aromatic heterocycles. The number of carbonyl (C=O) groups is 1. The van der Waals surface area contributed by atoms with Crippen LogP contribution in [0.2, 0.25) is 5.02 Å². The third-order valence-electron chi connectivity index (χ3n) is 6.18. The van der Waals surface area contributed by atoms with Crippen molar-refractivity contribution in [1.82, 2.24) is 14.9 Å². The molecule has 1 amide bonds. The summed E-state index contributed by atoms with van der Waals surface area (Å²) in [4.78, 5) is 26.6. The summed E-state index contributed by atoms with van der Waals surface area (Å²) in [5.74, 6) is 1.72. The normalized spacial score (nSPS) is 15.6. The number of halogens is 2. The highest BCUT2D eigenvalue weighted by Crippen LogP contribution is 2.28. The zero-order valence-electron chi connectivity index (χ0n) is 19.3. The van der Waals surface area contributed by atoms with Gasteiger partial charge in [-0.1, -0.05) is 23.7 Å². The molecule has 9 heteroatoms. The standard InChI is InChI=1S/C26H26ClFN4O3/c27-19-4-6-21(7-5-19)35-17-25(33)32-9-8-23-22(16-32)26(31-10-12-34-13-11-31)30-24(29-23)15-18-2-1-3-20(28)14-18/h1-7,14H,8-13,15-17H2. The Bertz CT molecular complexity index is 1200. The van der Waals surface area contributed by atoms with E-state index >= 15 is 0 Å². The van der Waals surface area contributed by atoms with E-state index in [2.05, 4.69) is 4.90 Å². The van der Waals surface area contributed by atoms with Gasteiger partial charge >= 0.3 is 0 Å². The number of ether oxygens (including phenoxy) is 2. The second kappa shape index (κ2) is 10.6. The maximum Gasteiger partial charge on any atom is 0.260 e. The lowest BCUT2D eigenvalue weighted by Gasteiger charge is -2.34. The maximum atomic E-state index is 13.7. The molecule has 0 bridgehead atoms. The molecule has 182 valence electrons. The molecule has 0 unspecified atom stereocenters. The number of benzene rings is 2. The van der Waals surface area contributed by atoms with Crippen LogP contribution in [0, 0.1) is 5.82 Å². The van der Waals surface area contributed by atoms with Crippen LogP contribution in [-0.2, 0) is 28.9 Å². The summed E-state index contributed by atoms with van der Waals surface area (Å²) in [5, 5.41) is 0.615. The predicted molar refractivity (Wildman–Crippen MR) is 130 cm³/mol. The zero-order valence-corrected chi connectivity index (χ0v) is 20.0. The molecule has 35 heavy (non-hydrogen) atoms. The summed E-state index contributed by atoms with van der Waals surface area (Å²) < 4.78 is 24.9. The summed E-state index contributed by atoms with van der Waals surface area (Å²) in [6.07, 6.45) is 1.07. The summed E-state index contributed by atoms with van der Waals surface area (Å²) in [6, 6.07) is 13.5. The first kappa shape index (κ1) is 23.5. The van der Waals surface area contributed by atoms with Crippen molar-refractivity contribution in [1.29, 1.82) is 0 Å². The van der Waals surface area contributed by atoms with Gasteiger partial charge in [-0.25, -0.2) is 14.4 Å². The molecule has 0 saturated carbocycles. The number of nitrogens with zero attached hydrogens (tertiary/aromatic N) is 4. The Kier molecular flexibility index (Phi) is 7.11. The van der Waals surface area contributed by atoms with Crippen LogP contribution in [0.1, 0.15) is 22.6 Å². The fourth-order valence-electron chi connectivity index (χ4n) is 4.37. The largest absolute Gasteiger partial charge is 0.484 e. The Hall–Kier alpha value is -3.23. The molecule has 7 nitrogen and oxygen atoms in total. The van der Waals surface area contributed by atoms with Crippen LogP contribution in [0.3, 0.4) is 0 Å². The molecule has 2 aliphatic rings. The summed E-state index contributed by atoms with van der Waals surface area (Å²) in [5.41, 5.74) is 2.72. The second-order valence-corrected chi connectivity index (χ2v) is 9.04. The lowest BCUT2D eigenvalue weighted by atomic mass is 10.0. The number of amides is 1. The van der Waals surface area contributed by atoms with Crippen molar-refractivity contribution in [3.63, 3.8) is 0 Å². The molecule has 0 aliphatic carbocycles. The molecule has 1 fully saturated rings. The Morgan fingerprint density at radius 2 is 1.89 bits per heavy atom. The van der Waals surface area contributed by atoms with Crippen LogP contribution in [0.15, 0.2) is 48.5 Å². The van der Waals surface area contributed by atoms with Gasteiger partial charge in [0, 0.05) is 43.1 Å². The molecule has 0 atom stereocenters. The highest BCUT2D eigenvalue weighted by molar-refractivity contribution is 6.30. The summed E-state index contributed by atoms with van der Waals surface area (Å²) in [6.45, 7) is 3.60. The number of carbonyl (C=O) groups excluding carboxylic acids is 1. The molecule has 2 aliphatic heterocycles. The Morgan fingerprint density at radius 3 is 2.66 bits per heavy atom. The van der Waals surface area contributed by atoms with Crippen molar-refractivity contribution in [3.8, 4) is 5.75 Å². The molecule has 0 radical (unpaired) electrons. The molecule has 0 N–H and O–H groups in total. The van der Waals surface area contributed by atoms with Gasteiger partial charge in [-0.15, -0.1) is 0 Å². The third kappa shape index (κ3) is 5.71. The van der Waals surface area contributed by atoms with Crippen LogP contribution >= 0.6 is 11.6 Å². The van der Waals surface area contributed by atoms with E-state index in [9.17, 15) is 9.18 Å². The van der Waals surface area contributed by atoms with Crippen LogP contribution in [0.4, 0.5) is 10.2 Å². The van der Waals surface area contributed by atoms with Crippen LogP contribution in [-0.4, -0.2) is 60.2 Å². The number of aromatic nitrogens is 2. The first-order chi connectivity index (χ1) is 17.0. The SMILES string of the molecule is O=C(COc1ccc(Cl)cc1)N1CCc2nc(Cc3cccc(F)c3)nc(N3CCOCC3)c2C1. The van der Waals surface area contributed by atoms with E-state index in [4.69, 9.17) is 31.0 Å². The van der Waals surface area contributed by atoms with Crippen molar-refractivity contribution in [3.05, 3.63) is 82.0 Å². The highest BCUT2D eigenvalue weighted by Gasteiger charge is 2.28. The van der Waals surface area contributed by atoms with Gasteiger partial charge in [0.2, 0.25) is 0 Å². The van der Waals surface area contributed by atoms with Gasteiger partial charge in [0.1, 0.15) is 23.2 Å². The van der Waals surface area contributed by atoms with E-state index in [0.29, 0.717) is 55.7 Å². The first-order valence-corrected chi connectivity index (χ1v) is 12.0. The molecule has 3 aromatic rings. The molecule has 1 saturated heterocycles. The van der Waals surface area contributed by atoms with Gasteiger partial charge in [0.05, 0.1) is 25.5 Å². The average Bonchev–Trinajstić information content (AvgIpc) is 2.88. The number of anilines is 1. The van der Waals surface area contributed by atoms with Gasteiger partial charge in [-0.05, 0) is 42.0 Å². The van der Waals surface area contributed by atoms with Crippen molar-refractivity contribution in [2.24, 2.45) is 0 Å². The Morgan fingerprint density at radius 1 is 1.09 bits per heavy atom. The van der Waals surface area contributed by atoms with E-state index in [0.717, 1.165) is 35.7 Å². The second-order valence-electron chi connectivity index (χ2n) is 8.60. The van der Waals surface area contributed by atoms with E-state index in [1.54, 1.807) is 35.2 Å². The Labute approximate surface area is 208 Å². The average molecular weight is 497 g/mol. The summed E-state index contributed by atoms with van der Waals surface area (Å²) in [7, 11) is 0. The van der Waals surface area contributed by atoms with E-state index in [-0.39, 0.29) is 18.3 Å². The van der Waals surface area contributed by atoms with Gasteiger partial charge in [-0.3, -0.25) is 4.79 Å². The minimum atomic E-state index is -0.274. The lowest BCUT2D eigenvalue weighted by Crippen LogP contribution is -2.42. The Balaban J connectivity index is 1.36. The highest BCUT2D eigenvalue weighted by atomic mass is 35.5. The smallest absolute Gasteiger partial charge is 0.260 e. The molecule has 0 spiro atoms. The number of fused-ring (bicyclic) bond motifs is 1. The van der Waals surface area contributed by atoms with Crippen LogP contribution in [0.5, 0.6) is 5.75 Å². The van der Waals surface area contributed by atoms with Gasteiger partial charge in [0.25, 0.3) is 5.91 Å². The number of morpholine rings is 1. The lowest BCUT2D eigenvalue weighted by molar-refractivity contribution is -0.134. The molecule has 2 aromatic carbocycles. The molecule has 3 heterocycles. The van der Waals surface area contributed by atoms with Gasteiger partial charge in [-0.2, -0.15) is 0 Å². The fraction of sp³-hybridized carbons (Fsp3) is 0.346. The van der Waals surface area contributed by atoms with Gasteiger partial charge in [0.15, 0.2) is 6.61 Å². The van der Waals surface area contributed by atoms with Crippen LogP contribution in [0.25, 0.3) is 0 Å². The topological polar surface area (TPSA) is 67.8 Å². The third-order valence-corrected chi connectivity index (χ3v) is 6.43. The molecular formula is C26H26ClFN4O3. The van der Waals surface area contributed by atoms with Crippen molar-refractivity contribution < 1.29 is 18.7 Å². The molecule has 5 rings (SSSR count). The van der Waals surface area contributed by atoms with E-state index < -0.39 is 0 Å². The summed E-state index contributed by atoms with van der Waals surface area (Å²) >= 11 is 5.92. The van der Waals surface area contributed by atoms with Crippen molar-refractivity contribution in [2.75, 3.05) is 44.4 Å². The minimum absolute atomic E-state index is 0.0532. The van der Waals surface area contributed by atoms with E-state index in [1.807, 2.05) is 6.07 Å². The van der Waals surface area contributed by atoms with Crippen LogP contribution < -0.4 is 9.64 Å². The van der Waals surface area contributed by atoms with Crippen molar-refractivity contribution >= 4 is 23.3 Å².